The van der Waals surface area contributed by atoms with Crippen molar-refractivity contribution >= 4 is 17.7 Å². The molecule has 86 valence electrons. The van der Waals surface area contributed by atoms with E-state index in [1.807, 2.05) is 6.07 Å². The summed E-state index contributed by atoms with van der Waals surface area (Å²) in [5.41, 5.74) is 1.67. The van der Waals surface area contributed by atoms with Crippen LogP contribution in [0.5, 0.6) is 0 Å². The zero-order valence-electron chi connectivity index (χ0n) is 9.43. The molecule has 2 aromatic rings. The van der Waals surface area contributed by atoms with Crippen LogP contribution >= 0.6 is 0 Å². The normalized spacial score (nSPS) is 10.0. The average molecular weight is 229 g/mol. The van der Waals surface area contributed by atoms with Crippen molar-refractivity contribution in [2.75, 3.05) is 11.9 Å². The Hall–Kier alpha value is -2.16. The van der Waals surface area contributed by atoms with Gasteiger partial charge >= 0.3 is 0 Å². The third kappa shape index (κ3) is 2.18. The van der Waals surface area contributed by atoms with Crippen molar-refractivity contribution < 1.29 is 9.18 Å². The number of hydrogen-bond acceptors (Lipinski definition) is 2. The van der Waals surface area contributed by atoms with Crippen LogP contribution < -0.4 is 4.90 Å². The molecule has 0 aromatic heterocycles. The maximum Gasteiger partial charge on any atom is 0.152 e. The summed E-state index contributed by atoms with van der Waals surface area (Å²) in [6.07, 6.45) is 0.771. The van der Waals surface area contributed by atoms with Crippen molar-refractivity contribution in [2.45, 2.75) is 0 Å². The Bertz CT molecular complexity index is 539. The molecule has 0 unspecified atom stereocenters. The number of anilines is 2. The van der Waals surface area contributed by atoms with E-state index in [4.69, 9.17) is 0 Å². The number of carbonyl (C=O) groups is 1. The van der Waals surface area contributed by atoms with Gasteiger partial charge in [0.05, 0.1) is 11.4 Å². The van der Waals surface area contributed by atoms with Crippen LogP contribution in [0, 0.1) is 5.82 Å². The number of para-hydroxylation sites is 2. The summed E-state index contributed by atoms with van der Waals surface area (Å²) in [6.45, 7) is 0. The number of carbonyl (C=O) groups excluding carboxylic acids is 1. The second-order valence-electron chi connectivity index (χ2n) is 3.69. The Balaban J connectivity index is 2.47. The molecule has 0 fully saturated rings. The molecule has 3 heteroatoms. The molecule has 0 atom stereocenters. The van der Waals surface area contributed by atoms with E-state index in [2.05, 4.69) is 0 Å². The van der Waals surface area contributed by atoms with Crippen molar-refractivity contribution in [3.05, 3.63) is 59.9 Å². The second-order valence-corrected chi connectivity index (χ2v) is 3.69. The largest absolute Gasteiger partial charge is 0.342 e. The van der Waals surface area contributed by atoms with E-state index in [1.54, 1.807) is 48.3 Å². The monoisotopic (exact) mass is 229 g/mol. The van der Waals surface area contributed by atoms with Gasteiger partial charge in [-0.2, -0.15) is 0 Å². The quantitative estimate of drug-likeness (QED) is 0.752. The van der Waals surface area contributed by atoms with Crippen molar-refractivity contribution in [3.8, 4) is 0 Å². The molecular weight excluding hydrogens is 217 g/mol. The average Bonchev–Trinajstić information content (AvgIpc) is 2.38. The molecule has 0 aliphatic rings. The van der Waals surface area contributed by atoms with Crippen LogP contribution in [-0.2, 0) is 0 Å². The van der Waals surface area contributed by atoms with Gasteiger partial charge in [-0.3, -0.25) is 4.79 Å². The first-order valence-corrected chi connectivity index (χ1v) is 5.26. The first-order chi connectivity index (χ1) is 8.24. The Morgan fingerprint density at radius 3 is 2.24 bits per heavy atom. The van der Waals surface area contributed by atoms with E-state index in [9.17, 15) is 9.18 Å². The minimum Gasteiger partial charge on any atom is -0.342 e. The van der Waals surface area contributed by atoms with E-state index < -0.39 is 0 Å². The van der Waals surface area contributed by atoms with Crippen LogP contribution in [0.25, 0.3) is 0 Å². The summed E-state index contributed by atoms with van der Waals surface area (Å²) in [6, 6.07) is 13.6. The summed E-state index contributed by atoms with van der Waals surface area (Å²) < 4.78 is 13.6. The van der Waals surface area contributed by atoms with Gasteiger partial charge in [-0.05, 0) is 24.3 Å². The number of hydrogen-bond donors (Lipinski definition) is 0. The number of aldehydes is 1. The number of halogens is 1. The molecule has 0 saturated carbocycles. The highest BCUT2D eigenvalue weighted by Crippen LogP contribution is 2.27. The Kier molecular flexibility index (Phi) is 3.19. The first kappa shape index (κ1) is 11.3. The van der Waals surface area contributed by atoms with Gasteiger partial charge in [-0.15, -0.1) is 0 Å². The van der Waals surface area contributed by atoms with Crippen LogP contribution in [0.4, 0.5) is 15.8 Å². The standard InChI is InChI=1S/C14H12FNO/c1-16(14-9-5-3-7-12(14)15)13-8-4-2-6-11(13)10-17/h2-10H,1H3. The van der Waals surface area contributed by atoms with Gasteiger partial charge in [0.25, 0.3) is 0 Å². The van der Waals surface area contributed by atoms with E-state index in [0.29, 0.717) is 16.9 Å². The van der Waals surface area contributed by atoms with Crippen LogP contribution in [0.2, 0.25) is 0 Å². The lowest BCUT2D eigenvalue weighted by molar-refractivity contribution is 0.112. The van der Waals surface area contributed by atoms with Gasteiger partial charge in [-0.1, -0.05) is 24.3 Å². The van der Waals surface area contributed by atoms with Crippen molar-refractivity contribution in [2.24, 2.45) is 0 Å². The summed E-state index contributed by atoms with van der Waals surface area (Å²) in [7, 11) is 1.74. The SMILES string of the molecule is CN(c1ccccc1F)c1ccccc1C=O. The van der Waals surface area contributed by atoms with Crippen molar-refractivity contribution in [1.29, 1.82) is 0 Å². The zero-order valence-corrected chi connectivity index (χ0v) is 9.43. The van der Waals surface area contributed by atoms with E-state index in [-0.39, 0.29) is 5.82 Å². The lowest BCUT2D eigenvalue weighted by Crippen LogP contribution is -2.13. The molecular formula is C14H12FNO. The van der Waals surface area contributed by atoms with Crippen LogP contribution in [-0.4, -0.2) is 13.3 Å². The molecule has 0 heterocycles. The van der Waals surface area contributed by atoms with Gasteiger partial charge in [0.2, 0.25) is 0 Å². The van der Waals surface area contributed by atoms with E-state index >= 15 is 0 Å². The predicted octanol–water partition coefficient (Wildman–Crippen LogP) is 3.41. The Morgan fingerprint density at radius 2 is 1.59 bits per heavy atom. The number of nitrogens with zero attached hydrogens (tertiary/aromatic N) is 1. The highest BCUT2D eigenvalue weighted by molar-refractivity contribution is 5.86. The fourth-order valence-electron chi connectivity index (χ4n) is 1.75. The Morgan fingerprint density at radius 1 is 1.00 bits per heavy atom. The highest BCUT2D eigenvalue weighted by Gasteiger charge is 2.11. The first-order valence-electron chi connectivity index (χ1n) is 5.26. The van der Waals surface area contributed by atoms with Crippen LogP contribution in [0.3, 0.4) is 0 Å². The maximum atomic E-state index is 13.6. The summed E-state index contributed by atoms with van der Waals surface area (Å²) in [5, 5.41) is 0. The summed E-state index contributed by atoms with van der Waals surface area (Å²) >= 11 is 0. The summed E-state index contributed by atoms with van der Waals surface area (Å²) in [5.74, 6) is -0.310. The van der Waals surface area contributed by atoms with Gasteiger partial charge < -0.3 is 4.90 Å². The fraction of sp³-hybridized carbons (Fsp3) is 0.0714. The molecule has 0 N–H and O–H groups in total. The minimum absolute atomic E-state index is 0.310. The van der Waals surface area contributed by atoms with Crippen molar-refractivity contribution in [3.63, 3.8) is 0 Å². The molecule has 0 saturated heterocycles. The number of rotatable bonds is 3. The van der Waals surface area contributed by atoms with E-state index in [0.717, 1.165) is 6.29 Å². The third-order valence-corrected chi connectivity index (χ3v) is 2.64. The second kappa shape index (κ2) is 4.78. The molecule has 0 spiro atoms. The van der Waals surface area contributed by atoms with Crippen molar-refractivity contribution in [1.82, 2.24) is 0 Å². The minimum atomic E-state index is -0.310. The van der Waals surface area contributed by atoms with Gasteiger partial charge in [-0.25, -0.2) is 4.39 Å². The van der Waals surface area contributed by atoms with Crippen LogP contribution in [0.1, 0.15) is 10.4 Å². The topological polar surface area (TPSA) is 20.3 Å². The molecule has 0 amide bonds. The predicted molar refractivity (Wildman–Crippen MR) is 66.3 cm³/mol. The summed E-state index contributed by atoms with van der Waals surface area (Å²) in [4.78, 5) is 12.6. The fourth-order valence-corrected chi connectivity index (χ4v) is 1.75. The molecule has 0 aliphatic heterocycles. The third-order valence-electron chi connectivity index (χ3n) is 2.64. The molecule has 2 rings (SSSR count). The van der Waals surface area contributed by atoms with Crippen LogP contribution in [0.15, 0.2) is 48.5 Å². The van der Waals surface area contributed by atoms with Gasteiger partial charge in [0, 0.05) is 12.6 Å². The zero-order chi connectivity index (χ0) is 12.3. The molecule has 17 heavy (non-hydrogen) atoms. The maximum absolute atomic E-state index is 13.6. The smallest absolute Gasteiger partial charge is 0.152 e. The molecule has 0 aliphatic carbocycles. The lowest BCUT2D eigenvalue weighted by Gasteiger charge is -2.21. The van der Waals surface area contributed by atoms with Gasteiger partial charge in [0.1, 0.15) is 5.82 Å². The molecule has 2 aromatic carbocycles. The number of benzene rings is 2. The van der Waals surface area contributed by atoms with E-state index in [1.165, 1.54) is 6.07 Å². The molecule has 0 radical (unpaired) electrons. The lowest BCUT2D eigenvalue weighted by atomic mass is 10.1. The molecule has 2 nitrogen and oxygen atoms in total. The molecule has 0 bridgehead atoms. The van der Waals surface area contributed by atoms with Gasteiger partial charge in [0.15, 0.2) is 6.29 Å². The highest BCUT2D eigenvalue weighted by atomic mass is 19.1. The Labute approximate surface area is 99.3 Å².